The van der Waals surface area contributed by atoms with Gasteiger partial charge in [0, 0.05) is 22.0 Å². The van der Waals surface area contributed by atoms with E-state index >= 15 is 0 Å². The second kappa shape index (κ2) is 7.82. The average molecular weight is 383 g/mol. The fourth-order valence-electron chi connectivity index (χ4n) is 4.01. The van der Waals surface area contributed by atoms with Gasteiger partial charge in [0.15, 0.2) is 5.13 Å². The van der Waals surface area contributed by atoms with E-state index in [2.05, 4.69) is 64.5 Å². The van der Waals surface area contributed by atoms with Gasteiger partial charge in [0.25, 0.3) is 0 Å². The molecule has 142 valence electrons. The molecule has 6 heteroatoms. The van der Waals surface area contributed by atoms with Crippen LogP contribution in [0.1, 0.15) is 41.8 Å². The Hall–Kier alpha value is -2.18. The van der Waals surface area contributed by atoms with Crippen molar-refractivity contribution < 1.29 is 4.79 Å². The number of amides is 1. The van der Waals surface area contributed by atoms with Crippen LogP contribution in [0.15, 0.2) is 30.5 Å². The summed E-state index contributed by atoms with van der Waals surface area (Å²) in [4.78, 5) is 23.7. The lowest BCUT2D eigenvalue weighted by Gasteiger charge is -2.31. The van der Waals surface area contributed by atoms with Crippen LogP contribution in [0.4, 0.5) is 5.13 Å². The Balaban J connectivity index is 1.32. The molecule has 0 bridgehead atoms. The second-order valence-electron chi connectivity index (χ2n) is 7.26. The summed E-state index contributed by atoms with van der Waals surface area (Å²) in [5.41, 5.74) is 3.70. The number of fused-ring (bicyclic) bond motifs is 1. The van der Waals surface area contributed by atoms with E-state index in [0.717, 1.165) is 43.2 Å². The van der Waals surface area contributed by atoms with E-state index in [1.165, 1.54) is 21.3 Å². The summed E-state index contributed by atoms with van der Waals surface area (Å²) in [6.45, 7) is 6.50. The van der Waals surface area contributed by atoms with Gasteiger partial charge in [-0.2, -0.15) is 0 Å². The molecule has 0 atom stereocenters. The quantitative estimate of drug-likeness (QED) is 0.691. The summed E-state index contributed by atoms with van der Waals surface area (Å²) in [5.74, 6) is 0.603. The van der Waals surface area contributed by atoms with Crippen LogP contribution in [0, 0.1) is 6.92 Å². The Kier molecular flexibility index (Phi) is 5.27. The summed E-state index contributed by atoms with van der Waals surface area (Å²) in [7, 11) is 0. The van der Waals surface area contributed by atoms with Gasteiger partial charge in [0.1, 0.15) is 0 Å². The SMILES string of the molecule is CCc1nc(NC(=O)CN2CCC(c3c[nH]c4ccccc34)CC2)sc1C. The van der Waals surface area contributed by atoms with E-state index in [1.54, 1.807) is 11.3 Å². The standard InChI is InChI=1S/C21H26N4OS/c1-3-18-14(2)27-21(23-18)24-20(26)13-25-10-8-15(9-11-25)17-12-22-19-7-5-4-6-16(17)19/h4-7,12,15,22H,3,8-11,13H2,1-2H3,(H,23,24,26). The van der Waals surface area contributed by atoms with Crippen LogP contribution in [0.2, 0.25) is 0 Å². The maximum absolute atomic E-state index is 12.4. The molecule has 1 saturated heterocycles. The zero-order valence-corrected chi connectivity index (χ0v) is 16.7. The molecule has 0 aliphatic carbocycles. The van der Waals surface area contributed by atoms with Crippen molar-refractivity contribution in [3.63, 3.8) is 0 Å². The molecular formula is C21H26N4OS. The van der Waals surface area contributed by atoms with Gasteiger partial charge in [-0.05, 0) is 56.8 Å². The normalized spacial score (nSPS) is 16.1. The first-order valence-electron chi connectivity index (χ1n) is 9.68. The van der Waals surface area contributed by atoms with Crippen molar-refractivity contribution in [2.75, 3.05) is 25.0 Å². The van der Waals surface area contributed by atoms with Crippen LogP contribution in [-0.4, -0.2) is 40.4 Å². The third-order valence-electron chi connectivity index (χ3n) is 5.49. The highest BCUT2D eigenvalue weighted by molar-refractivity contribution is 7.15. The molecule has 2 aromatic heterocycles. The number of carbonyl (C=O) groups is 1. The predicted octanol–water partition coefficient (Wildman–Crippen LogP) is 4.31. The minimum Gasteiger partial charge on any atom is -0.361 e. The maximum atomic E-state index is 12.4. The minimum atomic E-state index is 0.0388. The van der Waals surface area contributed by atoms with Crippen molar-refractivity contribution in [1.82, 2.24) is 14.9 Å². The minimum absolute atomic E-state index is 0.0388. The molecular weight excluding hydrogens is 356 g/mol. The van der Waals surface area contributed by atoms with Crippen molar-refractivity contribution >= 4 is 33.3 Å². The van der Waals surface area contributed by atoms with Crippen molar-refractivity contribution in [2.45, 2.75) is 39.0 Å². The summed E-state index contributed by atoms with van der Waals surface area (Å²) in [5, 5.41) is 5.03. The van der Waals surface area contributed by atoms with Gasteiger partial charge in [-0.15, -0.1) is 11.3 Å². The molecule has 4 rings (SSSR count). The van der Waals surface area contributed by atoms with E-state index in [0.29, 0.717) is 12.5 Å². The number of hydrogen-bond donors (Lipinski definition) is 2. The Bertz CT molecular complexity index is 937. The van der Waals surface area contributed by atoms with E-state index in [-0.39, 0.29) is 5.91 Å². The van der Waals surface area contributed by atoms with Gasteiger partial charge in [-0.3, -0.25) is 9.69 Å². The number of H-pyrrole nitrogens is 1. The van der Waals surface area contributed by atoms with E-state index < -0.39 is 0 Å². The van der Waals surface area contributed by atoms with Crippen LogP contribution < -0.4 is 5.32 Å². The first-order chi connectivity index (χ1) is 13.1. The molecule has 0 spiro atoms. The van der Waals surface area contributed by atoms with Crippen molar-refractivity contribution in [3.05, 3.63) is 46.6 Å². The van der Waals surface area contributed by atoms with Crippen LogP contribution in [-0.2, 0) is 11.2 Å². The number of anilines is 1. The molecule has 1 aliphatic rings. The topological polar surface area (TPSA) is 61.0 Å². The number of carbonyl (C=O) groups excluding carboxylic acids is 1. The molecule has 5 nitrogen and oxygen atoms in total. The Morgan fingerprint density at radius 2 is 2.11 bits per heavy atom. The molecule has 3 heterocycles. The van der Waals surface area contributed by atoms with Crippen molar-refractivity contribution in [1.29, 1.82) is 0 Å². The van der Waals surface area contributed by atoms with Crippen LogP contribution in [0.25, 0.3) is 10.9 Å². The average Bonchev–Trinajstić information content (AvgIpc) is 3.25. The third kappa shape index (κ3) is 3.92. The largest absolute Gasteiger partial charge is 0.361 e. The first kappa shape index (κ1) is 18.2. The van der Waals surface area contributed by atoms with Gasteiger partial charge >= 0.3 is 0 Å². The molecule has 3 aromatic rings. The monoisotopic (exact) mass is 382 g/mol. The number of para-hydroxylation sites is 1. The van der Waals surface area contributed by atoms with Gasteiger partial charge in [-0.1, -0.05) is 25.1 Å². The van der Waals surface area contributed by atoms with Gasteiger partial charge in [0.2, 0.25) is 5.91 Å². The molecule has 27 heavy (non-hydrogen) atoms. The number of nitrogens with one attached hydrogen (secondary N) is 2. The van der Waals surface area contributed by atoms with Gasteiger partial charge in [-0.25, -0.2) is 4.98 Å². The molecule has 0 saturated carbocycles. The molecule has 0 radical (unpaired) electrons. The van der Waals surface area contributed by atoms with Crippen molar-refractivity contribution in [2.24, 2.45) is 0 Å². The van der Waals surface area contributed by atoms with Crippen molar-refractivity contribution in [3.8, 4) is 0 Å². The van der Waals surface area contributed by atoms with E-state index in [4.69, 9.17) is 0 Å². The number of aromatic amines is 1. The first-order valence-corrected chi connectivity index (χ1v) is 10.5. The fraction of sp³-hybridized carbons (Fsp3) is 0.429. The second-order valence-corrected chi connectivity index (χ2v) is 8.47. The number of aryl methyl sites for hydroxylation is 2. The Morgan fingerprint density at radius 3 is 2.85 bits per heavy atom. The third-order valence-corrected chi connectivity index (χ3v) is 6.42. The number of nitrogens with zero attached hydrogens (tertiary/aromatic N) is 2. The lowest BCUT2D eigenvalue weighted by atomic mass is 9.89. The predicted molar refractivity (Wildman–Crippen MR) is 112 cm³/mol. The number of aromatic nitrogens is 2. The number of thiazole rings is 1. The molecule has 1 aromatic carbocycles. The highest BCUT2D eigenvalue weighted by Crippen LogP contribution is 2.33. The smallest absolute Gasteiger partial charge is 0.240 e. The molecule has 1 fully saturated rings. The van der Waals surface area contributed by atoms with Gasteiger partial charge < -0.3 is 10.3 Å². The van der Waals surface area contributed by atoms with Crippen LogP contribution >= 0.6 is 11.3 Å². The molecule has 1 aliphatic heterocycles. The van der Waals surface area contributed by atoms with E-state index in [1.807, 2.05) is 0 Å². The zero-order chi connectivity index (χ0) is 18.8. The summed E-state index contributed by atoms with van der Waals surface area (Å²) in [6, 6.07) is 8.49. The van der Waals surface area contributed by atoms with Gasteiger partial charge in [0.05, 0.1) is 12.2 Å². The maximum Gasteiger partial charge on any atom is 0.240 e. The number of benzene rings is 1. The summed E-state index contributed by atoms with van der Waals surface area (Å²) < 4.78 is 0. The Labute approximate surface area is 163 Å². The highest BCUT2D eigenvalue weighted by atomic mass is 32.1. The number of likely N-dealkylation sites (tertiary alicyclic amines) is 1. The summed E-state index contributed by atoms with van der Waals surface area (Å²) in [6.07, 6.45) is 5.24. The lowest BCUT2D eigenvalue weighted by Crippen LogP contribution is -2.38. The van der Waals surface area contributed by atoms with Crippen LogP contribution in [0.5, 0.6) is 0 Å². The number of rotatable bonds is 5. The fourth-order valence-corrected chi connectivity index (χ4v) is 4.92. The summed E-state index contributed by atoms with van der Waals surface area (Å²) >= 11 is 1.56. The lowest BCUT2D eigenvalue weighted by molar-refractivity contribution is -0.117. The molecule has 0 unspecified atom stereocenters. The number of piperidine rings is 1. The molecule has 2 N–H and O–H groups in total. The highest BCUT2D eigenvalue weighted by Gasteiger charge is 2.24. The van der Waals surface area contributed by atoms with E-state index in [9.17, 15) is 4.79 Å². The molecule has 1 amide bonds. The van der Waals surface area contributed by atoms with Crippen LogP contribution in [0.3, 0.4) is 0 Å². The number of hydrogen-bond acceptors (Lipinski definition) is 4. The Morgan fingerprint density at radius 1 is 1.33 bits per heavy atom. The zero-order valence-electron chi connectivity index (χ0n) is 15.9.